The van der Waals surface area contributed by atoms with Crippen LogP contribution in [0.3, 0.4) is 0 Å². The van der Waals surface area contributed by atoms with Gasteiger partial charge in [-0.3, -0.25) is 0 Å². The van der Waals surface area contributed by atoms with Gasteiger partial charge in [-0.15, -0.1) is 0 Å². The summed E-state index contributed by atoms with van der Waals surface area (Å²) < 4.78 is 18.7. The third-order valence-corrected chi connectivity index (χ3v) is 4.15. The Kier molecular flexibility index (Phi) is 3.88. The zero-order valence-corrected chi connectivity index (χ0v) is 12.5. The first kappa shape index (κ1) is 14.0. The number of hydrogen-bond acceptors (Lipinski definition) is 3. The maximum absolute atomic E-state index is 13.3. The normalized spacial score (nSPS) is 18.0. The summed E-state index contributed by atoms with van der Waals surface area (Å²) in [6.07, 6.45) is 2.05. The Bertz CT molecular complexity index is 658. The summed E-state index contributed by atoms with van der Waals surface area (Å²) in [5, 5.41) is 7.86. The molecule has 21 heavy (non-hydrogen) atoms. The van der Waals surface area contributed by atoms with Crippen LogP contribution in [0, 0.1) is 5.82 Å². The molecule has 1 atom stereocenters. The lowest BCUT2D eigenvalue weighted by molar-refractivity contribution is 0.356. The standard InChI is InChI=1S/C15H16FN3OS/c1-17-15(21)19-7-3-6-13(19)12-9-14(20-18-12)10-4-2-5-11(16)8-10/h2,4-5,8-9,13H,3,6-7H2,1H3,(H,17,21). The Morgan fingerprint density at radius 1 is 1.48 bits per heavy atom. The van der Waals surface area contributed by atoms with E-state index >= 15 is 0 Å². The molecule has 1 aliphatic rings. The Balaban J connectivity index is 1.86. The molecule has 1 aliphatic heterocycles. The smallest absolute Gasteiger partial charge is 0.169 e. The van der Waals surface area contributed by atoms with Gasteiger partial charge in [0.2, 0.25) is 0 Å². The fourth-order valence-corrected chi connectivity index (χ4v) is 2.90. The van der Waals surface area contributed by atoms with Crippen LogP contribution in [0.4, 0.5) is 4.39 Å². The van der Waals surface area contributed by atoms with Gasteiger partial charge < -0.3 is 14.7 Å². The van der Waals surface area contributed by atoms with Crippen molar-refractivity contribution in [3.8, 4) is 11.3 Å². The van der Waals surface area contributed by atoms with Crippen LogP contribution in [-0.4, -0.2) is 28.8 Å². The minimum Gasteiger partial charge on any atom is -0.366 e. The highest BCUT2D eigenvalue weighted by atomic mass is 32.1. The zero-order valence-electron chi connectivity index (χ0n) is 11.7. The summed E-state index contributed by atoms with van der Waals surface area (Å²) in [5.74, 6) is 0.288. The quantitative estimate of drug-likeness (QED) is 0.863. The summed E-state index contributed by atoms with van der Waals surface area (Å²) in [6.45, 7) is 0.909. The van der Waals surface area contributed by atoms with E-state index in [4.69, 9.17) is 16.7 Å². The third kappa shape index (κ3) is 2.76. The van der Waals surface area contributed by atoms with Gasteiger partial charge in [0.1, 0.15) is 11.5 Å². The number of hydrogen-bond donors (Lipinski definition) is 1. The molecule has 0 amide bonds. The molecular weight excluding hydrogens is 289 g/mol. The van der Waals surface area contributed by atoms with E-state index < -0.39 is 0 Å². The van der Waals surface area contributed by atoms with Crippen molar-refractivity contribution in [1.82, 2.24) is 15.4 Å². The summed E-state index contributed by atoms with van der Waals surface area (Å²) in [7, 11) is 1.82. The Morgan fingerprint density at radius 2 is 2.33 bits per heavy atom. The molecule has 1 aromatic carbocycles. The molecule has 4 nitrogen and oxygen atoms in total. The minimum atomic E-state index is -0.288. The first-order valence-electron chi connectivity index (χ1n) is 6.90. The molecule has 1 fully saturated rings. The van der Waals surface area contributed by atoms with Crippen molar-refractivity contribution >= 4 is 17.3 Å². The first-order valence-corrected chi connectivity index (χ1v) is 7.31. The molecule has 0 radical (unpaired) electrons. The maximum atomic E-state index is 13.3. The van der Waals surface area contributed by atoms with Crippen molar-refractivity contribution < 1.29 is 8.91 Å². The molecule has 1 N–H and O–H groups in total. The molecule has 2 heterocycles. The van der Waals surface area contributed by atoms with Crippen molar-refractivity contribution in [3.63, 3.8) is 0 Å². The molecular formula is C15H16FN3OS. The number of nitrogens with one attached hydrogen (secondary N) is 1. The number of benzene rings is 1. The van der Waals surface area contributed by atoms with Gasteiger partial charge in [-0.05, 0) is 37.2 Å². The Morgan fingerprint density at radius 3 is 3.10 bits per heavy atom. The van der Waals surface area contributed by atoms with Gasteiger partial charge in [-0.1, -0.05) is 17.3 Å². The van der Waals surface area contributed by atoms with Crippen LogP contribution >= 0.6 is 12.2 Å². The van der Waals surface area contributed by atoms with Crippen molar-refractivity contribution in [1.29, 1.82) is 0 Å². The number of rotatable bonds is 2. The number of nitrogens with zero attached hydrogens (tertiary/aromatic N) is 2. The van der Waals surface area contributed by atoms with Crippen LogP contribution in [0.15, 0.2) is 34.9 Å². The van der Waals surface area contributed by atoms with E-state index in [9.17, 15) is 4.39 Å². The lowest BCUT2D eigenvalue weighted by Gasteiger charge is -2.24. The van der Waals surface area contributed by atoms with Crippen molar-refractivity contribution in [3.05, 3.63) is 41.8 Å². The predicted molar refractivity (Wildman–Crippen MR) is 82.2 cm³/mol. The fraction of sp³-hybridized carbons (Fsp3) is 0.333. The minimum absolute atomic E-state index is 0.121. The number of likely N-dealkylation sites (tertiary alicyclic amines) is 1. The second kappa shape index (κ2) is 5.81. The Hall–Kier alpha value is -1.95. The van der Waals surface area contributed by atoms with Crippen molar-refractivity contribution in [2.75, 3.05) is 13.6 Å². The predicted octanol–water partition coefficient (Wildman–Crippen LogP) is 3.12. The van der Waals surface area contributed by atoms with Crippen molar-refractivity contribution in [2.45, 2.75) is 18.9 Å². The van der Waals surface area contributed by atoms with Crippen LogP contribution in [0.2, 0.25) is 0 Å². The summed E-state index contributed by atoms with van der Waals surface area (Å²) in [5.41, 5.74) is 1.53. The largest absolute Gasteiger partial charge is 0.366 e. The van der Waals surface area contributed by atoms with Crippen LogP contribution in [0.5, 0.6) is 0 Å². The molecule has 0 spiro atoms. The van der Waals surface area contributed by atoms with E-state index in [1.54, 1.807) is 12.1 Å². The van der Waals surface area contributed by atoms with Crippen LogP contribution in [0.1, 0.15) is 24.6 Å². The van der Waals surface area contributed by atoms with E-state index in [0.717, 1.165) is 25.1 Å². The molecule has 1 unspecified atom stereocenters. The molecule has 2 aromatic rings. The van der Waals surface area contributed by atoms with E-state index in [1.165, 1.54) is 12.1 Å². The molecule has 0 bridgehead atoms. The van der Waals surface area contributed by atoms with Crippen molar-refractivity contribution in [2.24, 2.45) is 0 Å². The lowest BCUT2D eigenvalue weighted by atomic mass is 10.1. The van der Waals surface area contributed by atoms with Gasteiger partial charge in [0.25, 0.3) is 0 Å². The average molecular weight is 305 g/mol. The molecule has 0 saturated carbocycles. The van der Waals surface area contributed by atoms with Crippen LogP contribution in [0.25, 0.3) is 11.3 Å². The second-order valence-electron chi connectivity index (χ2n) is 5.03. The summed E-state index contributed by atoms with van der Waals surface area (Å²) in [4.78, 5) is 2.11. The molecule has 6 heteroatoms. The van der Waals surface area contributed by atoms with Gasteiger partial charge in [0.05, 0.1) is 6.04 Å². The average Bonchev–Trinajstić information content (AvgIpc) is 3.15. The van der Waals surface area contributed by atoms with Gasteiger partial charge in [-0.2, -0.15) is 0 Å². The second-order valence-corrected chi connectivity index (χ2v) is 5.42. The zero-order chi connectivity index (χ0) is 14.8. The summed E-state index contributed by atoms with van der Waals surface area (Å²) in [6, 6.07) is 8.30. The molecule has 1 saturated heterocycles. The highest BCUT2D eigenvalue weighted by molar-refractivity contribution is 7.80. The molecule has 3 rings (SSSR count). The van der Waals surface area contributed by atoms with E-state index in [1.807, 2.05) is 13.1 Å². The monoisotopic (exact) mass is 305 g/mol. The van der Waals surface area contributed by atoms with E-state index in [0.29, 0.717) is 16.4 Å². The van der Waals surface area contributed by atoms with Gasteiger partial charge in [-0.25, -0.2) is 4.39 Å². The molecule has 110 valence electrons. The third-order valence-electron chi connectivity index (χ3n) is 3.71. The summed E-state index contributed by atoms with van der Waals surface area (Å²) >= 11 is 5.32. The SMILES string of the molecule is CNC(=S)N1CCCC1c1cc(-c2cccc(F)c2)on1. The molecule has 1 aromatic heterocycles. The van der Waals surface area contributed by atoms with E-state index in [-0.39, 0.29) is 11.9 Å². The number of thiocarbonyl (C=S) groups is 1. The number of aromatic nitrogens is 1. The highest BCUT2D eigenvalue weighted by Crippen LogP contribution is 2.33. The Labute approximate surface area is 127 Å². The number of halogens is 1. The van der Waals surface area contributed by atoms with Gasteiger partial charge >= 0.3 is 0 Å². The van der Waals surface area contributed by atoms with Gasteiger partial charge in [0, 0.05) is 25.2 Å². The topological polar surface area (TPSA) is 41.3 Å². The van der Waals surface area contributed by atoms with E-state index in [2.05, 4.69) is 15.4 Å². The lowest BCUT2D eigenvalue weighted by Crippen LogP contribution is -2.37. The maximum Gasteiger partial charge on any atom is 0.169 e. The van der Waals surface area contributed by atoms with Crippen LogP contribution < -0.4 is 5.32 Å². The highest BCUT2D eigenvalue weighted by Gasteiger charge is 2.30. The molecule has 0 aliphatic carbocycles. The first-order chi connectivity index (χ1) is 10.2. The fourth-order valence-electron chi connectivity index (χ4n) is 2.68. The van der Waals surface area contributed by atoms with Crippen LogP contribution in [-0.2, 0) is 0 Å². The van der Waals surface area contributed by atoms with Gasteiger partial charge in [0.15, 0.2) is 10.9 Å².